The average molecular weight is 341 g/mol. The molecule has 2 heterocycles. The average Bonchev–Trinajstić information content (AvgIpc) is 2.56. The van der Waals surface area contributed by atoms with Crippen LogP contribution in [-0.4, -0.2) is 54.7 Å². The van der Waals surface area contributed by atoms with Crippen molar-refractivity contribution in [3.05, 3.63) is 30.1 Å². The number of hydrogen-bond donors (Lipinski definition) is 0. The second kappa shape index (κ2) is 7.85. The van der Waals surface area contributed by atoms with Crippen LogP contribution in [0.3, 0.4) is 0 Å². The molecule has 1 aliphatic rings. The Bertz CT molecular complexity index is 621. The highest BCUT2D eigenvalue weighted by Crippen LogP contribution is 2.22. The molecule has 0 spiro atoms. The second-order valence-corrected chi connectivity index (χ2v) is 7.61. The van der Waals surface area contributed by atoms with Crippen LogP contribution >= 0.6 is 0 Å². The second-order valence-electron chi connectivity index (χ2n) is 5.57. The van der Waals surface area contributed by atoms with Crippen molar-refractivity contribution in [1.29, 1.82) is 0 Å². The first-order valence-electron chi connectivity index (χ1n) is 7.72. The molecule has 7 nitrogen and oxygen atoms in total. The van der Waals surface area contributed by atoms with Crippen molar-refractivity contribution in [2.75, 3.05) is 26.7 Å². The zero-order chi connectivity index (χ0) is 16.9. The number of piperidine rings is 1. The van der Waals surface area contributed by atoms with Crippen molar-refractivity contribution >= 4 is 16.2 Å². The van der Waals surface area contributed by atoms with Crippen LogP contribution in [0.1, 0.15) is 25.3 Å². The van der Waals surface area contributed by atoms with E-state index in [0.29, 0.717) is 26.0 Å². The van der Waals surface area contributed by atoms with Crippen LogP contribution in [0.15, 0.2) is 24.5 Å². The predicted molar refractivity (Wildman–Crippen MR) is 85.6 cm³/mol. The predicted octanol–water partition coefficient (Wildman–Crippen LogP) is 1.03. The fourth-order valence-electron chi connectivity index (χ4n) is 2.63. The molecule has 1 aromatic heterocycles. The Morgan fingerprint density at radius 3 is 2.96 bits per heavy atom. The zero-order valence-electron chi connectivity index (χ0n) is 13.5. The highest BCUT2D eigenvalue weighted by molar-refractivity contribution is 7.86. The van der Waals surface area contributed by atoms with E-state index in [9.17, 15) is 13.2 Å². The molecule has 0 bridgehead atoms. The summed E-state index contributed by atoms with van der Waals surface area (Å²) < 4.78 is 33.1. The summed E-state index contributed by atoms with van der Waals surface area (Å²) in [5, 5.41) is 0. The lowest BCUT2D eigenvalue weighted by Gasteiger charge is -2.33. The number of ether oxygens (including phenoxy) is 1. The minimum atomic E-state index is -3.61. The molecule has 1 fully saturated rings. The molecule has 0 aromatic carbocycles. The third kappa shape index (κ3) is 4.49. The van der Waals surface area contributed by atoms with Gasteiger partial charge in [0.1, 0.15) is 0 Å². The fraction of sp³-hybridized carbons (Fsp3) is 0.600. The first-order chi connectivity index (χ1) is 10.9. The molecule has 1 aliphatic heterocycles. The Labute approximate surface area is 137 Å². The topological polar surface area (TPSA) is 79.8 Å². The first-order valence-corrected chi connectivity index (χ1v) is 9.11. The summed E-state index contributed by atoms with van der Waals surface area (Å²) in [7, 11) is -2.07. The molecule has 1 aromatic rings. The normalized spacial score (nSPS) is 19.7. The molecule has 1 saturated heterocycles. The number of esters is 1. The number of rotatable bonds is 6. The molecule has 0 saturated carbocycles. The van der Waals surface area contributed by atoms with Gasteiger partial charge in [-0.05, 0) is 31.4 Å². The number of aromatic nitrogens is 1. The van der Waals surface area contributed by atoms with Gasteiger partial charge >= 0.3 is 5.97 Å². The van der Waals surface area contributed by atoms with E-state index in [1.165, 1.54) is 15.7 Å². The van der Waals surface area contributed by atoms with Gasteiger partial charge in [0, 0.05) is 39.1 Å². The SMILES string of the molecule is CCOC(=O)[C@H]1CCCN(S(=O)(=O)N(C)Cc2cccnc2)C1. The van der Waals surface area contributed by atoms with Crippen LogP contribution in [0.4, 0.5) is 0 Å². The van der Waals surface area contributed by atoms with Gasteiger partial charge in [-0.25, -0.2) is 0 Å². The minimum absolute atomic E-state index is 0.179. The van der Waals surface area contributed by atoms with Crippen LogP contribution in [-0.2, 0) is 26.3 Å². The van der Waals surface area contributed by atoms with Gasteiger partial charge in [-0.1, -0.05) is 6.07 Å². The molecule has 2 rings (SSSR count). The van der Waals surface area contributed by atoms with Gasteiger partial charge < -0.3 is 4.74 Å². The monoisotopic (exact) mass is 341 g/mol. The Morgan fingerprint density at radius 2 is 2.30 bits per heavy atom. The standard InChI is InChI=1S/C15H23N3O4S/c1-3-22-15(19)14-7-5-9-18(12-14)23(20,21)17(2)11-13-6-4-8-16-10-13/h4,6,8,10,14H,3,5,7,9,11-12H2,1-2H3/t14-/m0/s1. The van der Waals surface area contributed by atoms with E-state index in [-0.39, 0.29) is 25.0 Å². The summed E-state index contributed by atoms with van der Waals surface area (Å²) in [4.78, 5) is 15.9. The van der Waals surface area contributed by atoms with Crippen molar-refractivity contribution in [3.8, 4) is 0 Å². The van der Waals surface area contributed by atoms with E-state index in [2.05, 4.69) is 4.98 Å². The lowest BCUT2D eigenvalue weighted by atomic mass is 10.0. The maximum absolute atomic E-state index is 12.7. The molecule has 0 unspecified atom stereocenters. The van der Waals surface area contributed by atoms with E-state index in [1.54, 1.807) is 25.4 Å². The van der Waals surface area contributed by atoms with Crippen LogP contribution in [0.25, 0.3) is 0 Å². The van der Waals surface area contributed by atoms with Gasteiger partial charge in [0.15, 0.2) is 0 Å². The summed E-state index contributed by atoms with van der Waals surface area (Å²) in [6.07, 6.45) is 4.61. The molecule has 0 radical (unpaired) electrons. The van der Waals surface area contributed by atoms with Gasteiger partial charge in [-0.15, -0.1) is 0 Å². The van der Waals surface area contributed by atoms with Crippen molar-refractivity contribution in [1.82, 2.24) is 13.6 Å². The van der Waals surface area contributed by atoms with Gasteiger partial charge in [0.25, 0.3) is 10.2 Å². The van der Waals surface area contributed by atoms with Crippen molar-refractivity contribution in [3.63, 3.8) is 0 Å². The molecule has 0 N–H and O–H groups in total. The number of hydrogen-bond acceptors (Lipinski definition) is 5. The van der Waals surface area contributed by atoms with Gasteiger partial charge in [-0.3, -0.25) is 9.78 Å². The summed E-state index contributed by atoms with van der Waals surface area (Å²) in [5.41, 5.74) is 0.817. The molecular formula is C15H23N3O4S. The summed E-state index contributed by atoms with van der Waals surface area (Å²) in [6, 6.07) is 3.60. The largest absolute Gasteiger partial charge is 0.466 e. The lowest BCUT2D eigenvalue weighted by molar-refractivity contribution is -0.149. The minimum Gasteiger partial charge on any atom is -0.466 e. The summed E-state index contributed by atoms with van der Waals surface area (Å²) >= 11 is 0. The number of carbonyl (C=O) groups is 1. The van der Waals surface area contributed by atoms with Crippen molar-refractivity contribution < 1.29 is 17.9 Å². The number of carbonyl (C=O) groups excluding carboxylic acids is 1. The zero-order valence-corrected chi connectivity index (χ0v) is 14.3. The summed E-state index contributed by atoms with van der Waals surface area (Å²) in [5.74, 6) is -0.701. The molecule has 0 aliphatic carbocycles. The Kier molecular flexibility index (Phi) is 6.09. The van der Waals surface area contributed by atoms with Gasteiger partial charge in [-0.2, -0.15) is 17.0 Å². The quantitative estimate of drug-likeness (QED) is 0.722. The number of nitrogens with zero attached hydrogens (tertiary/aromatic N) is 3. The fourth-order valence-corrected chi connectivity index (χ4v) is 4.07. The van der Waals surface area contributed by atoms with Crippen molar-refractivity contribution in [2.24, 2.45) is 5.92 Å². The van der Waals surface area contributed by atoms with E-state index in [0.717, 1.165) is 5.56 Å². The first kappa shape index (κ1) is 17.8. The third-order valence-electron chi connectivity index (χ3n) is 3.85. The van der Waals surface area contributed by atoms with E-state index in [4.69, 9.17) is 4.74 Å². The Morgan fingerprint density at radius 1 is 1.52 bits per heavy atom. The maximum Gasteiger partial charge on any atom is 0.310 e. The highest BCUT2D eigenvalue weighted by Gasteiger charge is 2.35. The summed E-state index contributed by atoms with van der Waals surface area (Å²) in [6.45, 7) is 2.91. The molecule has 1 atom stereocenters. The Balaban J connectivity index is 2.04. The van der Waals surface area contributed by atoms with Crippen LogP contribution in [0.5, 0.6) is 0 Å². The van der Waals surface area contributed by atoms with Crippen LogP contribution in [0.2, 0.25) is 0 Å². The van der Waals surface area contributed by atoms with E-state index in [1.807, 2.05) is 6.07 Å². The lowest BCUT2D eigenvalue weighted by Crippen LogP contribution is -2.48. The third-order valence-corrected chi connectivity index (χ3v) is 5.75. The van der Waals surface area contributed by atoms with Crippen LogP contribution < -0.4 is 0 Å². The van der Waals surface area contributed by atoms with Gasteiger partial charge in [0.2, 0.25) is 0 Å². The smallest absolute Gasteiger partial charge is 0.310 e. The van der Waals surface area contributed by atoms with E-state index < -0.39 is 10.2 Å². The van der Waals surface area contributed by atoms with Gasteiger partial charge in [0.05, 0.1) is 12.5 Å². The molecular weight excluding hydrogens is 318 g/mol. The molecule has 128 valence electrons. The van der Waals surface area contributed by atoms with Crippen molar-refractivity contribution in [2.45, 2.75) is 26.3 Å². The maximum atomic E-state index is 12.7. The van der Waals surface area contributed by atoms with Crippen LogP contribution in [0, 0.1) is 5.92 Å². The van der Waals surface area contributed by atoms with E-state index >= 15 is 0 Å². The Hall–Kier alpha value is -1.51. The molecule has 23 heavy (non-hydrogen) atoms. The molecule has 8 heteroatoms. The molecule has 0 amide bonds. The highest BCUT2D eigenvalue weighted by atomic mass is 32.2. The number of pyridine rings is 1.